The molecule has 5 nitrogen and oxygen atoms in total. The summed E-state index contributed by atoms with van der Waals surface area (Å²) < 4.78 is 4.92. The third-order valence-corrected chi connectivity index (χ3v) is 5.21. The number of halogens is 2. The zero-order valence-corrected chi connectivity index (χ0v) is 15.7. The molecular weight excluding hydrogens is 375 g/mol. The number of nitrogens with zero attached hydrogens (tertiary/aromatic N) is 1. The number of rotatable bonds is 4. The minimum absolute atomic E-state index is 0.0386. The van der Waals surface area contributed by atoms with Crippen LogP contribution >= 0.6 is 23.2 Å². The number of amides is 1. The number of hydrogen-bond donors (Lipinski definition) is 1. The maximum Gasteiger partial charge on any atom is 0.323 e. The van der Waals surface area contributed by atoms with Gasteiger partial charge in [0.05, 0.1) is 29.4 Å². The number of nitrogens with one attached hydrogen (secondary N) is 1. The van der Waals surface area contributed by atoms with E-state index in [9.17, 15) is 9.59 Å². The topological polar surface area (TPSA) is 58.6 Å². The van der Waals surface area contributed by atoms with Gasteiger partial charge in [0.2, 0.25) is 5.91 Å². The van der Waals surface area contributed by atoms with Crippen LogP contribution in [0.15, 0.2) is 42.5 Å². The molecule has 0 aliphatic carbocycles. The van der Waals surface area contributed by atoms with Gasteiger partial charge in [-0.05, 0) is 29.7 Å². The monoisotopic (exact) mass is 392 g/mol. The molecule has 2 aromatic rings. The molecule has 0 saturated carbocycles. The van der Waals surface area contributed by atoms with Crippen LogP contribution in [-0.2, 0) is 27.3 Å². The predicted molar refractivity (Wildman–Crippen MR) is 101 cm³/mol. The molecule has 1 aliphatic rings. The molecule has 1 N–H and O–H groups in total. The summed E-state index contributed by atoms with van der Waals surface area (Å²) in [5.41, 5.74) is 2.63. The van der Waals surface area contributed by atoms with Crippen molar-refractivity contribution in [2.24, 2.45) is 0 Å². The number of fused-ring (bicyclic) bond motifs is 1. The molecule has 0 spiro atoms. The normalized spacial score (nSPS) is 16.7. The highest BCUT2D eigenvalue weighted by Crippen LogP contribution is 2.30. The number of methoxy groups -OCH3 is 1. The van der Waals surface area contributed by atoms with Crippen molar-refractivity contribution in [2.45, 2.75) is 19.0 Å². The summed E-state index contributed by atoms with van der Waals surface area (Å²) in [5, 5.41) is 3.40. The van der Waals surface area contributed by atoms with Gasteiger partial charge in [-0.25, -0.2) is 0 Å². The third kappa shape index (κ3) is 4.01. The van der Waals surface area contributed by atoms with E-state index in [4.69, 9.17) is 27.9 Å². The first-order chi connectivity index (χ1) is 12.5. The molecule has 0 unspecified atom stereocenters. The maximum absolute atomic E-state index is 12.5. The molecule has 1 atom stereocenters. The Morgan fingerprint density at radius 1 is 1.15 bits per heavy atom. The quantitative estimate of drug-likeness (QED) is 0.808. The molecule has 1 aliphatic heterocycles. The average molecular weight is 393 g/mol. The van der Waals surface area contributed by atoms with Gasteiger partial charge in [0, 0.05) is 6.54 Å². The Balaban J connectivity index is 1.76. The van der Waals surface area contributed by atoms with E-state index in [2.05, 4.69) is 5.32 Å². The van der Waals surface area contributed by atoms with E-state index in [-0.39, 0.29) is 23.4 Å². The Morgan fingerprint density at radius 2 is 1.88 bits per heavy atom. The highest BCUT2D eigenvalue weighted by atomic mass is 35.5. The SMILES string of the molecule is COC(=O)[C@H]1Cc2ccccc2CN1CC(=O)Nc1cccc(Cl)c1Cl. The second kappa shape index (κ2) is 8.08. The first-order valence-electron chi connectivity index (χ1n) is 8.12. The van der Waals surface area contributed by atoms with E-state index < -0.39 is 6.04 Å². The van der Waals surface area contributed by atoms with Crippen LogP contribution in [0.25, 0.3) is 0 Å². The van der Waals surface area contributed by atoms with Gasteiger partial charge in [-0.2, -0.15) is 0 Å². The standard InChI is InChI=1S/C19H18Cl2N2O3/c1-26-19(25)16-9-12-5-2-3-6-13(12)10-23(16)11-17(24)22-15-8-4-7-14(20)18(15)21/h2-8,16H,9-11H2,1H3,(H,22,24)/t16-/m1/s1. The Hall–Kier alpha value is -2.08. The lowest BCUT2D eigenvalue weighted by atomic mass is 9.94. The number of benzene rings is 2. The summed E-state index contributed by atoms with van der Waals surface area (Å²) in [4.78, 5) is 26.5. The van der Waals surface area contributed by atoms with Crippen LogP contribution in [0.5, 0.6) is 0 Å². The van der Waals surface area contributed by atoms with Crippen molar-refractivity contribution in [3.63, 3.8) is 0 Å². The van der Waals surface area contributed by atoms with E-state index in [1.807, 2.05) is 29.2 Å². The Bertz CT molecular complexity index is 841. The lowest BCUT2D eigenvalue weighted by Gasteiger charge is -2.34. The summed E-state index contributed by atoms with van der Waals surface area (Å²) in [6.07, 6.45) is 0.508. The summed E-state index contributed by atoms with van der Waals surface area (Å²) in [6, 6.07) is 12.4. The van der Waals surface area contributed by atoms with Crippen LogP contribution in [0.2, 0.25) is 10.0 Å². The maximum atomic E-state index is 12.5. The summed E-state index contributed by atoms with van der Waals surface area (Å²) in [5.74, 6) is -0.629. The van der Waals surface area contributed by atoms with Crippen LogP contribution in [0.3, 0.4) is 0 Å². The van der Waals surface area contributed by atoms with Gasteiger partial charge in [0.25, 0.3) is 0 Å². The van der Waals surface area contributed by atoms with Crippen molar-refractivity contribution in [2.75, 3.05) is 19.0 Å². The van der Waals surface area contributed by atoms with Crippen molar-refractivity contribution < 1.29 is 14.3 Å². The minimum atomic E-state index is -0.504. The largest absolute Gasteiger partial charge is 0.468 e. The van der Waals surface area contributed by atoms with E-state index in [1.165, 1.54) is 7.11 Å². The van der Waals surface area contributed by atoms with Crippen LogP contribution in [0.1, 0.15) is 11.1 Å². The van der Waals surface area contributed by atoms with Gasteiger partial charge >= 0.3 is 5.97 Å². The zero-order chi connectivity index (χ0) is 18.7. The Morgan fingerprint density at radius 3 is 2.62 bits per heavy atom. The van der Waals surface area contributed by atoms with Crippen LogP contribution in [0, 0.1) is 0 Å². The zero-order valence-electron chi connectivity index (χ0n) is 14.2. The molecule has 0 radical (unpaired) electrons. The van der Waals surface area contributed by atoms with Crippen molar-refractivity contribution in [3.8, 4) is 0 Å². The summed E-state index contributed by atoms with van der Waals surface area (Å²) in [7, 11) is 1.35. The molecular formula is C19H18Cl2N2O3. The lowest BCUT2D eigenvalue weighted by molar-refractivity contribution is -0.148. The predicted octanol–water partition coefficient (Wildman–Crippen LogP) is 3.53. The first-order valence-corrected chi connectivity index (χ1v) is 8.87. The second-order valence-corrected chi connectivity index (χ2v) is 6.85. The molecule has 26 heavy (non-hydrogen) atoms. The van der Waals surface area contributed by atoms with Crippen molar-refractivity contribution in [3.05, 3.63) is 63.6 Å². The number of anilines is 1. The molecule has 3 rings (SSSR count). The van der Waals surface area contributed by atoms with Gasteiger partial charge < -0.3 is 10.1 Å². The van der Waals surface area contributed by atoms with E-state index in [1.54, 1.807) is 18.2 Å². The second-order valence-electron chi connectivity index (χ2n) is 6.07. The Labute approximate surface area is 161 Å². The Kier molecular flexibility index (Phi) is 5.81. The number of carbonyl (C=O) groups is 2. The van der Waals surface area contributed by atoms with Crippen molar-refractivity contribution in [1.29, 1.82) is 0 Å². The van der Waals surface area contributed by atoms with E-state index >= 15 is 0 Å². The van der Waals surface area contributed by atoms with Crippen LogP contribution < -0.4 is 5.32 Å². The number of ether oxygens (including phenoxy) is 1. The number of carbonyl (C=O) groups excluding carboxylic acids is 2. The molecule has 1 amide bonds. The van der Waals surface area contributed by atoms with E-state index in [0.29, 0.717) is 23.7 Å². The molecule has 136 valence electrons. The third-order valence-electron chi connectivity index (χ3n) is 4.39. The fourth-order valence-electron chi connectivity index (χ4n) is 3.09. The van der Waals surface area contributed by atoms with Gasteiger partial charge in [-0.1, -0.05) is 53.5 Å². The van der Waals surface area contributed by atoms with Crippen LogP contribution in [-0.4, -0.2) is 36.5 Å². The van der Waals surface area contributed by atoms with Crippen LogP contribution in [0.4, 0.5) is 5.69 Å². The van der Waals surface area contributed by atoms with Gasteiger partial charge in [0.1, 0.15) is 6.04 Å². The molecule has 2 aromatic carbocycles. The summed E-state index contributed by atoms with van der Waals surface area (Å²) >= 11 is 12.1. The molecule has 0 saturated heterocycles. The van der Waals surface area contributed by atoms with E-state index in [0.717, 1.165) is 11.1 Å². The smallest absolute Gasteiger partial charge is 0.323 e. The van der Waals surface area contributed by atoms with Crippen molar-refractivity contribution in [1.82, 2.24) is 4.90 Å². The number of hydrogen-bond acceptors (Lipinski definition) is 4. The van der Waals surface area contributed by atoms with Gasteiger partial charge in [-0.3, -0.25) is 14.5 Å². The summed E-state index contributed by atoms with van der Waals surface area (Å²) in [6.45, 7) is 0.531. The molecule has 7 heteroatoms. The van der Waals surface area contributed by atoms with Crippen molar-refractivity contribution >= 4 is 40.8 Å². The highest BCUT2D eigenvalue weighted by molar-refractivity contribution is 6.44. The molecule has 0 aromatic heterocycles. The molecule has 0 bridgehead atoms. The minimum Gasteiger partial charge on any atom is -0.468 e. The first kappa shape index (κ1) is 18.7. The molecule has 1 heterocycles. The highest BCUT2D eigenvalue weighted by Gasteiger charge is 2.33. The lowest BCUT2D eigenvalue weighted by Crippen LogP contribution is -2.49. The van der Waals surface area contributed by atoms with Gasteiger partial charge in [0.15, 0.2) is 0 Å². The number of esters is 1. The van der Waals surface area contributed by atoms with Gasteiger partial charge in [-0.15, -0.1) is 0 Å². The fourth-order valence-corrected chi connectivity index (χ4v) is 3.43. The molecule has 0 fully saturated rings. The average Bonchev–Trinajstić information content (AvgIpc) is 2.64. The fraction of sp³-hybridized carbons (Fsp3) is 0.263.